The molecule has 0 amide bonds. The van der Waals surface area contributed by atoms with Crippen molar-refractivity contribution >= 4 is 60.8 Å². The fraction of sp³-hybridized carbons (Fsp3) is 0.148. The Morgan fingerprint density at radius 1 is 0.735 bits per heavy atom. The second-order valence-electron chi connectivity index (χ2n) is 8.00. The SMILES string of the molecule is CCC(C)Nc1ccc(N=Nc2ccc(N=Nc3nccs3)c3ccccc23)c2ccccc12. The van der Waals surface area contributed by atoms with Crippen molar-refractivity contribution in [3.8, 4) is 0 Å². The molecular formula is C27H24N6S. The molecule has 0 fully saturated rings. The molecule has 0 bridgehead atoms. The minimum Gasteiger partial charge on any atom is -0.382 e. The van der Waals surface area contributed by atoms with Gasteiger partial charge in [-0.3, -0.25) is 0 Å². The summed E-state index contributed by atoms with van der Waals surface area (Å²) < 4.78 is 0. The van der Waals surface area contributed by atoms with Crippen molar-refractivity contribution in [3.05, 3.63) is 84.4 Å². The van der Waals surface area contributed by atoms with E-state index in [9.17, 15) is 0 Å². The zero-order valence-electron chi connectivity index (χ0n) is 19.0. The fourth-order valence-corrected chi connectivity index (χ4v) is 4.23. The molecule has 0 saturated carbocycles. The summed E-state index contributed by atoms with van der Waals surface area (Å²) in [6.45, 7) is 4.37. The molecular weight excluding hydrogens is 440 g/mol. The topological polar surface area (TPSA) is 74.4 Å². The Morgan fingerprint density at radius 3 is 1.82 bits per heavy atom. The lowest BCUT2D eigenvalue weighted by atomic mass is 10.1. The van der Waals surface area contributed by atoms with Gasteiger partial charge in [0.1, 0.15) is 0 Å². The van der Waals surface area contributed by atoms with Gasteiger partial charge < -0.3 is 5.32 Å². The van der Waals surface area contributed by atoms with E-state index in [0.717, 1.165) is 50.7 Å². The number of rotatable bonds is 7. The maximum absolute atomic E-state index is 4.65. The molecule has 1 heterocycles. The van der Waals surface area contributed by atoms with Crippen molar-refractivity contribution in [2.75, 3.05) is 5.32 Å². The van der Waals surface area contributed by atoms with E-state index >= 15 is 0 Å². The standard InChI is InChI=1S/C27H24N6S/c1-3-18(2)29-23-12-13-24(20-9-5-4-8-19(20)23)30-31-25-14-15-26(22-11-7-6-10-21(22)25)32-33-27-28-16-17-34-27/h4-18,29H,3H2,1-2H3. The molecule has 1 aromatic heterocycles. The van der Waals surface area contributed by atoms with E-state index in [4.69, 9.17) is 0 Å². The number of nitrogens with one attached hydrogen (secondary N) is 1. The Hall–Kier alpha value is -3.97. The van der Waals surface area contributed by atoms with Crippen LogP contribution in [0.2, 0.25) is 0 Å². The first-order valence-electron chi connectivity index (χ1n) is 11.3. The van der Waals surface area contributed by atoms with Crippen molar-refractivity contribution in [3.63, 3.8) is 0 Å². The number of thiazole rings is 1. The van der Waals surface area contributed by atoms with Gasteiger partial charge >= 0.3 is 0 Å². The summed E-state index contributed by atoms with van der Waals surface area (Å²) in [5, 5.41) is 28.2. The van der Waals surface area contributed by atoms with Crippen LogP contribution >= 0.6 is 11.3 Å². The highest BCUT2D eigenvalue weighted by Gasteiger charge is 2.09. The largest absolute Gasteiger partial charge is 0.382 e. The number of hydrogen-bond acceptors (Lipinski definition) is 7. The average molecular weight is 465 g/mol. The molecule has 4 aromatic carbocycles. The molecule has 1 N–H and O–H groups in total. The summed E-state index contributed by atoms with van der Waals surface area (Å²) >= 11 is 1.45. The molecule has 7 heteroatoms. The van der Waals surface area contributed by atoms with Crippen LogP contribution in [0.1, 0.15) is 20.3 Å². The molecule has 0 spiro atoms. The first-order valence-corrected chi connectivity index (χ1v) is 12.1. The van der Waals surface area contributed by atoms with Crippen LogP contribution in [0.5, 0.6) is 0 Å². The van der Waals surface area contributed by atoms with Crippen molar-refractivity contribution in [2.45, 2.75) is 26.3 Å². The summed E-state index contributed by atoms with van der Waals surface area (Å²) in [6, 6.07) is 24.7. The lowest BCUT2D eigenvalue weighted by Gasteiger charge is -2.15. The van der Waals surface area contributed by atoms with E-state index in [2.05, 4.69) is 68.9 Å². The second-order valence-corrected chi connectivity index (χ2v) is 8.87. The van der Waals surface area contributed by atoms with Crippen molar-refractivity contribution in [1.82, 2.24) is 4.98 Å². The molecule has 0 aliphatic heterocycles. The van der Waals surface area contributed by atoms with Crippen LogP contribution in [-0.2, 0) is 0 Å². The smallest absolute Gasteiger partial charge is 0.229 e. The summed E-state index contributed by atoms with van der Waals surface area (Å²) in [7, 11) is 0. The van der Waals surface area contributed by atoms with Gasteiger partial charge in [-0.1, -0.05) is 55.5 Å². The minimum absolute atomic E-state index is 0.397. The molecule has 0 radical (unpaired) electrons. The molecule has 6 nitrogen and oxygen atoms in total. The highest BCUT2D eigenvalue weighted by molar-refractivity contribution is 7.13. The van der Waals surface area contributed by atoms with Gasteiger partial charge in [0.25, 0.3) is 0 Å². The predicted molar refractivity (Wildman–Crippen MR) is 142 cm³/mol. The summed E-state index contributed by atoms with van der Waals surface area (Å²) in [5.41, 5.74) is 3.51. The number of benzene rings is 4. The Bertz CT molecular complexity index is 1490. The highest BCUT2D eigenvalue weighted by atomic mass is 32.1. The molecule has 5 aromatic rings. The molecule has 0 aliphatic carbocycles. The number of azo groups is 2. The Kier molecular flexibility index (Phi) is 6.35. The van der Waals surface area contributed by atoms with E-state index in [-0.39, 0.29) is 0 Å². The van der Waals surface area contributed by atoms with Gasteiger partial charge in [-0.05, 0) is 37.6 Å². The maximum Gasteiger partial charge on any atom is 0.229 e. The number of hydrogen-bond donors (Lipinski definition) is 1. The Labute approximate surface area is 202 Å². The highest BCUT2D eigenvalue weighted by Crippen LogP contribution is 2.37. The number of fused-ring (bicyclic) bond motifs is 2. The molecule has 0 saturated heterocycles. The van der Waals surface area contributed by atoms with Crippen LogP contribution in [0.15, 0.2) is 105 Å². The van der Waals surface area contributed by atoms with Crippen LogP contribution in [-0.4, -0.2) is 11.0 Å². The van der Waals surface area contributed by atoms with E-state index < -0.39 is 0 Å². The first kappa shape index (κ1) is 21.9. The summed E-state index contributed by atoms with van der Waals surface area (Å²) in [6.07, 6.45) is 2.78. The van der Waals surface area contributed by atoms with Gasteiger partial charge in [-0.25, -0.2) is 4.98 Å². The minimum atomic E-state index is 0.397. The van der Waals surface area contributed by atoms with Gasteiger partial charge in [0.05, 0.1) is 17.1 Å². The van der Waals surface area contributed by atoms with Gasteiger partial charge in [-0.15, -0.1) is 31.8 Å². The molecule has 5 rings (SSSR count). The molecule has 1 atom stereocenters. The zero-order chi connectivity index (χ0) is 23.3. The van der Waals surface area contributed by atoms with Crippen molar-refractivity contribution < 1.29 is 0 Å². The first-order chi connectivity index (χ1) is 16.7. The lowest BCUT2D eigenvalue weighted by Crippen LogP contribution is -2.13. The van der Waals surface area contributed by atoms with Crippen LogP contribution in [0.3, 0.4) is 0 Å². The average Bonchev–Trinajstić information content (AvgIpc) is 3.41. The monoisotopic (exact) mass is 464 g/mol. The third-order valence-corrected chi connectivity index (χ3v) is 6.38. The van der Waals surface area contributed by atoms with Gasteiger partial charge in [0, 0.05) is 44.9 Å². The molecule has 1 unspecified atom stereocenters. The quantitative estimate of drug-likeness (QED) is 0.243. The number of nitrogens with zero attached hydrogens (tertiary/aromatic N) is 5. The van der Waals surface area contributed by atoms with Crippen LogP contribution in [0.4, 0.5) is 27.9 Å². The van der Waals surface area contributed by atoms with Crippen molar-refractivity contribution in [2.24, 2.45) is 20.5 Å². The molecule has 168 valence electrons. The van der Waals surface area contributed by atoms with E-state index in [1.54, 1.807) is 6.20 Å². The van der Waals surface area contributed by atoms with E-state index in [1.807, 2.05) is 53.9 Å². The second kappa shape index (κ2) is 9.89. The fourth-order valence-electron chi connectivity index (χ4n) is 3.78. The van der Waals surface area contributed by atoms with Gasteiger partial charge in [0.15, 0.2) is 0 Å². The Balaban J connectivity index is 1.51. The molecule has 0 aliphatic rings. The van der Waals surface area contributed by atoms with Gasteiger partial charge in [0.2, 0.25) is 5.13 Å². The maximum atomic E-state index is 4.65. The Morgan fingerprint density at radius 2 is 1.26 bits per heavy atom. The number of aromatic nitrogens is 1. The van der Waals surface area contributed by atoms with Crippen LogP contribution in [0, 0.1) is 0 Å². The lowest BCUT2D eigenvalue weighted by molar-refractivity contribution is 0.765. The predicted octanol–water partition coefficient (Wildman–Crippen LogP) is 9.49. The van der Waals surface area contributed by atoms with E-state index in [1.165, 1.54) is 11.3 Å². The number of anilines is 1. The zero-order valence-corrected chi connectivity index (χ0v) is 19.8. The van der Waals surface area contributed by atoms with Crippen molar-refractivity contribution in [1.29, 1.82) is 0 Å². The normalized spacial score (nSPS) is 12.8. The van der Waals surface area contributed by atoms with Gasteiger partial charge in [-0.2, -0.15) is 0 Å². The van der Waals surface area contributed by atoms with E-state index in [0.29, 0.717) is 11.2 Å². The van der Waals surface area contributed by atoms with Crippen LogP contribution < -0.4 is 5.32 Å². The van der Waals surface area contributed by atoms with Crippen LogP contribution in [0.25, 0.3) is 21.5 Å². The molecule has 34 heavy (non-hydrogen) atoms. The summed E-state index contributed by atoms with van der Waals surface area (Å²) in [5.74, 6) is 0. The third-order valence-electron chi connectivity index (χ3n) is 5.72. The third kappa shape index (κ3) is 4.56. The summed E-state index contributed by atoms with van der Waals surface area (Å²) in [4.78, 5) is 4.16.